The normalized spacial score (nSPS) is 15.8. The Hall–Kier alpha value is -3.78. The number of thiophene rings is 1. The fourth-order valence-electron chi connectivity index (χ4n) is 4.74. The predicted molar refractivity (Wildman–Crippen MR) is 144 cm³/mol. The number of ether oxygens (including phenoxy) is 1. The molecule has 0 radical (unpaired) electrons. The molecule has 7 nitrogen and oxygen atoms in total. The summed E-state index contributed by atoms with van der Waals surface area (Å²) in [6.07, 6.45) is 0. The summed E-state index contributed by atoms with van der Waals surface area (Å²) in [6.45, 7) is 6.18. The van der Waals surface area contributed by atoms with Crippen LogP contribution in [0.15, 0.2) is 66.0 Å². The van der Waals surface area contributed by atoms with Crippen molar-refractivity contribution in [1.82, 2.24) is 14.4 Å². The number of benzene rings is 2. The Morgan fingerprint density at radius 2 is 1.86 bits per heavy atom. The minimum atomic E-state index is -0.164. The number of anilines is 1. The molecule has 1 atom stereocenters. The minimum Gasteiger partial charge on any atom is -0.497 e. The zero-order valence-electron chi connectivity index (χ0n) is 20.7. The Morgan fingerprint density at radius 1 is 1.08 bits per heavy atom. The van der Waals surface area contributed by atoms with E-state index < -0.39 is 0 Å². The lowest BCUT2D eigenvalue weighted by molar-refractivity contribution is 0.0583. The SMILES string of the molecule is COc1ccc(NC(=O)N2CCN(C(=O)c3cc4ccsc4n3Cc3ccccc3C)CC2C)cc1. The van der Waals surface area contributed by atoms with Gasteiger partial charge in [-0.2, -0.15) is 0 Å². The molecular weight excluding hydrogens is 472 g/mol. The molecule has 4 aromatic rings. The summed E-state index contributed by atoms with van der Waals surface area (Å²) in [6, 6.07) is 19.3. The highest BCUT2D eigenvalue weighted by Gasteiger charge is 2.32. The summed E-state index contributed by atoms with van der Waals surface area (Å²) in [7, 11) is 1.61. The van der Waals surface area contributed by atoms with Gasteiger partial charge in [-0.1, -0.05) is 24.3 Å². The van der Waals surface area contributed by atoms with E-state index in [9.17, 15) is 9.59 Å². The van der Waals surface area contributed by atoms with Crippen molar-refractivity contribution >= 4 is 39.2 Å². The number of nitrogens with zero attached hydrogens (tertiary/aromatic N) is 3. The number of piperazine rings is 1. The minimum absolute atomic E-state index is 0.00838. The van der Waals surface area contributed by atoms with Crippen molar-refractivity contribution in [3.05, 3.63) is 82.9 Å². The quantitative estimate of drug-likeness (QED) is 0.395. The third kappa shape index (κ3) is 4.68. The van der Waals surface area contributed by atoms with Crippen LogP contribution < -0.4 is 10.1 Å². The number of amides is 3. The topological polar surface area (TPSA) is 66.8 Å². The Morgan fingerprint density at radius 3 is 2.58 bits per heavy atom. The van der Waals surface area contributed by atoms with Gasteiger partial charge in [-0.05, 0) is 66.8 Å². The fourth-order valence-corrected chi connectivity index (χ4v) is 5.64. The van der Waals surface area contributed by atoms with Gasteiger partial charge in [0.05, 0.1) is 7.11 Å². The molecule has 8 heteroatoms. The molecule has 0 saturated carbocycles. The molecule has 1 aliphatic heterocycles. The number of hydrogen-bond donors (Lipinski definition) is 1. The molecule has 1 unspecified atom stereocenters. The van der Waals surface area contributed by atoms with Crippen LogP contribution in [-0.4, -0.2) is 59.1 Å². The van der Waals surface area contributed by atoms with Crippen LogP contribution >= 0.6 is 11.3 Å². The van der Waals surface area contributed by atoms with Crippen molar-refractivity contribution in [2.45, 2.75) is 26.4 Å². The van der Waals surface area contributed by atoms with Gasteiger partial charge < -0.3 is 24.4 Å². The molecule has 3 amide bonds. The Kier molecular flexibility index (Phi) is 6.69. The number of rotatable bonds is 5. The first-order valence-electron chi connectivity index (χ1n) is 12.1. The monoisotopic (exact) mass is 502 g/mol. The summed E-state index contributed by atoms with van der Waals surface area (Å²) >= 11 is 1.66. The predicted octanol–water partition coefficient (Wildman–Crippen LogP) is 5.45. The van der Waals surface area contributed by atoms with Crippen LogP contribution in [0.4, 0.5) is 10.5 Å². The molecule has 0 aliphatic carbocycles. The van der Waals surface area contributed by atoms with E-state index in [1.54, 1.807) is 23.3 Å². The first kappa shape index (κ1) is 23.9. The van der Waals surface area contributed by atoms with E-state index in [4.69, 9.17) is 4.74 Å². The van der Waals surface area contributed by atoms with Crippen LogP contribution in [0.1, 0.15) is 28.5 Å². The number of fused-ring (bicyclic) bond motifs is 1. The summed E-state index contributed by atoms with van der Waals surface area (Å²) in [5, 5.41) is 6.10. The molecule has 1 saturated heterocycles. The van der Waals surface area contributed by atoms with Gasteiger partial charge in [0.1, 0.15) is 16.3 Å². The molecule has 2 aromatic heterocycles. The second-order valence-corrected chi connectivity index (χ2v) is 10.1. The van der Waals surface area contributed by atoms with Crippen molar-refractivity contribution in [3.63, 3.8) is 0 Å². The molecule has 186 valence electrons. The van der Waals surface area contributed by atoms with Gasteiger partial charge in [-0.15, -0.1) is 11.3 Å². The fraction of sp³-hybridized carbons (Fsp3) is 0.286. The number of carbonyl (C=O) groups is 2. The number of hydrogen-bond acceptors (Lipinski definition) is 4. The summed E-state index contributed by atoms with van der Waals surface area (Å²) in [5.41, 5.74) is 3.81. The second-order valence-electron chi connectivity index (χ2n) is 9.18. The number of aromatic nitrogens is 1. The molecule has 0 bridgehead atoms. The molecule has 1 fully saturated rings. The van der Waals surface area contributed by atoms with Crippen LogP contribution in [0.25, 0.3) is 10.2 Å². The third-order valence-electron chi connectivity index (χ3n) is 6.83. The largest absolute Gasteiger partial charge is 0.497 e. The molecule has 2 aromatic carbocycles. The van der Waals surface area contributed by atoms with Crippen molar-refractivity contribution in [2.75, 3.05) is 32.1 Å². The van der Waals surface area contributed by atoms with Gasteiger partial charge in [0.25, 0.3) is 5.91 Å². The van der Waals surface area contributed by atoms with Crippen LogP contribution in [0, 0.1) is 6.92 Å². The van der Waals surface area contributed by atoms with Gasteiger partial charge in [-0.25, -0.2) is 4.79 Å². The lowest BCUT2D eigenvalue weighted by Crippen LogP contribution is -2.56. The van der Waals surface area contributed by atoms with Gasteiger partial charge in [0, 0.05) is 43.3 Å². The maximum atomic E-state index is 13.7. The Bertz CT molecular complexity index is 1390. The second kappa shape index (κ2) is 10.1. The standard InChI is InChI=1S/C28H30N4O3S/c1-19-6-4-5-7-22(19)18-32-25(16-21-12-15-36-27(21)32)26(33)30-13-14-31(20(2)17-30)28(34)29-23-8-10-24(35-3)11-9-23/h4-12,15-16,20H,13-14,17-18H2,1-3H3,(H,29,34). The van der Waals surface area contributed by atoms with Crippen molar-refractivity contribution < 1.29 is 14.3 Å². The molecule has 5 rings (SSSR count). The van der Waals surface area contributed by atoms with E-state index in [1.807, 2.05) is 54.3 Å². The summed E-state index contributed by atoms with van der Waals surface area (Å²) in [4.78, 5) is 31.4. The van der Waals surface area contributed by atoms with Gasteiger partial charge in [0.15, 0.2) is 0 Å². The van der Waals surface area contributed by atoms with Crippen LogP contribution in [0.5, 0.6) is 5.75 Å². The molecule has 1 N–H and O–H groups in total. The van der Waals surface area contributed by atoms with E-state index in [1.165, 1.54) is 11.1 Å². The highest BCUT2D eigenvalue weighted by Crippen LogP contribution is 2.28. The van der Waals surface area contributed by atoms with Crippen molar-refractivity contribution in [2.24, 2.45) is 0 Å². The molecule has 0 spiro atoms. The smallest absolute Gasteiger partial charge is 0.322 e. The number of methoxy groups -OCH3 is 1. The van der Waals surface area contributed by atoms with Crippen LogP contribution in [-0.2, 0) is 6.54 Å². The number of aryl methyl sites for hydroxylation is 1. The number of nitrogens with one attached hydrogen (secondary N) is 1. The number of urea groups is 1. The zero-order valence-corrected chi connectivity index (χ0v) is 21.5. The zero-order chi connectivity index (χ0) is 25.2. The highest BCUT2D eigenvalue weighted by molar-refractivity contribution is 7.16. The maximum Gasteiger partial charge on any atom is 0.322 e. The third-order valence-corrected chi connectivity index (χ3v) is 7.78. The average molecular weight is 503 g/mol. The van der Waals surface area contributed by atoms with Gasteiger partial charge >= 0.3 is 6.03 Å². The lowest BCUT2D eigenvalue weighted by atomic mass is 10.1. The summed E-state index contributed by atoms with van der Waals surface area (Å²) < 4.78 is 7.31. The van der Waals surface area contributed by atoms with Crippen molar-refractivity contribution in [3.8, 4) is 5.75 Å². The van der Waals surface area contributed by atoms with Gasteiger partial charge in [-0.3, -0.25) is 4.79 Å². The van der Waals surface area contributed by atoms with E-state index in [-0.39, 0.29) is 18.0 Å². The van der Waals surface area contributed by atoms with Crippen LogP contribution in [0.2, 0.25) is 0 Å². The van der Waals surface area contributed by atoms with E-state index in [0.29, 0.717) is 37.6 Å². The Labute approximate surface area is 214 Å². The van der Waals surface area contributed by atoms with E-state index in [2.05, 4.69) is 40.4 Å². The molecular formula is C28H30N4O3S. The maximum absolute atomic E-state index is 13.7. The summed E-state index contributed by atoms with van der Waals surface area (Å²) in [5.74, 6) is 0.745. The molecule has 36 heavy (non-hydrogen) atoms. The van der Waals surface area contributed by atoms with E-state index in [0.717, 1.165) is 16.0 Å². The first-order valence-corrected chi connectivity index (χ1v) is 12.9. The first-order chi connectivity index (χ1) is 17.4. The van der Waals surface area contributed by atoms with Crippen LogP contribution in [0.3, 0.4) is 0 Å². The highest BCUT2D eigenvalue weighted by atomic mass is 32.1. The van der Waals surface area contributed by atoms with E-state index >= 15 is 0 Å². The Balaban J connectivity index is 1.30. The average Bonchev–Trinajstić information content (AvgIpc) is 3.48. The van der Waals surface area contributed by atoms with Crippen molar-refractivity contribution in [1.29, 1.82) is 0 Å². The van der Waals surface area contributed by atoms with Gasteiger partial charge in [0.2, 0.25) is 0 Å². The lowest BCUT2D eigenvalue weighted by Gasteiger charge is -2.39. The number of carbonyl (C=O) groups excluding carboxylic acids is 2. The molecule has 1 aliphatic rings. The molecule has 3 heterocycles.